The van der Waals surface area contributed by atoms with E-state index in [1.54, 1.807) is 0 Å². The molecule has 1 amide bonds. The Hall–Kier alpha value is -1.35. The third-order valence-electron chi connectivity index (χ3n) is 5.19. The van der Waals surface area contributed by atoms with Gasteiger partial charge in [0.2, 0.25) is 5.91 Å². The van der Waals surface area contributed by atoms with Crippen LogP contribution in [0.3, 0.4) is 0 Å². The Labute approximate surface area is 127 Å². The summed E-state index contributed by atoms with van der Waals surface area (Å²) in [6, 6.07) is 10.5. The molecule has 21 heavy (non-hydrogen) atoms. The number of nitrogens with one attached hydrogen (secondary N) is 2. The minimum Gasteiger partial charge on any atom is -0.352 e. The van der Waals surface area contributed by atoms with Crippen LogP contribution in [0.15, 0.2) is 30.3 Å². The zero-order valence-electron chi connectivity index (χ0n) is 13.0. The average Bonchev–Trinajstić information content (AvgIpc) is 3.05. The molecule has 0 bridgehead atoms. The Morgan fingerprint density at radius 1 is 1.19 bits per heavy atom. The van der Waals surface area contributed by atoms with Crippen LogP contribution in [-0.2, 0) is 4.79 Å². The summed E-state index contributed by atoms with van der Waals surface area (Å²) in [5.74, 6) is 1.88. The van der Waals surface area contributed by atoms with Crippen LogP contribution >= 0.6 is 0 Å². The van der Waals surface area contributed by atoms with Crippen LogP contribution in [0, 0.1) is 17.8 Å². The van der Waals surface area contributed by atoms with Crippen LogP contribution in [0.25, 0.3) is 0 Å². The van der Waals surface area contributed by atoms with Gasteiger partial charge >= 0.3 is 0 Å². The quantitative estimate of drug-likeness (QED) is 0.893. The highest BCUT2D eigenvalue weighted by Gasteiger charge is 2.40. The fourth-order valence-electron chi connectivity index (χ4n) is 4.10. The summed E-state index contributed by atoms with van der Waals surface area (Å²) >= 11 is 0. The molecule has 1 aliphatic carbocycles. The molecule has 0 aromatic heterocycles. The molecule has 2 aliphatic rings. The summed E-state index contributed by atoms with van der Waals surface area (Å²) in [4.78, 5) is 12.8. The van der Waals surface area contributed by atoms with E-state index >= 15 is 0 Å². The van der Waals surface area contributed by atoms with Crippen molar-refractivity contribution in [1.29, 1.82) is 0 Å². The smallest absolute Gasteiger partial charge is 0.228 e. The van der Waals surface area contributed by atoms with Gasteiger partial charge in [0.15, 0.2) is 0 Å². The maximum absolute atomic E-state index is 12.8. The summed E-state index contributed by atoms with van der Waals surface area (Å²) in [6.07, 6.45) is 2.39. The number of fused-ring (bicyclic) bond motifs is 1. The van der Waals surface area contributed by atoms with Crippen molar-refractivity contribution in [2.75, 3.05) is 13.1 Å². The van der Waals surface area contributed by atoms with Crippen molar-refractivity contribution in [1.82, 2.24) is 10.6 Å². The third-order valence-corrected chi connectivity index (χ3v) is 5.19. The summed E-state index contributed by atoms with van der Waals surface area (Å²) in [5.41, 5.74) is 1.13. The molecule has 2 fully saturated rings. The first-order valence-corrected chi connectivity index (χ1v) is 8.23. The summed E-state index contributed by atoms with van der Waals surface area (Å²) < 4.78 is 0. The number of carbonyl (C=O) groups is 1. The van der Waals surface area contributed by atoms with Gasteiger partial charge in [-0.15, -0.1) is 0 Å². The second-order valence-electron chi connectivity index (χ2n) is 6.91. The van der Waals surface area contributed by atoms with Crippen LogP contribution in [0.4, 0.5) is 0 Å². The maximum Gasteiger partial charge on any atom is 0.228 e. The number of hydrogen-bond donors (Lipinski definition) is 2. The van der Waals surface area contributed by atoms with Gasteiger partial charge in [0.05, 0.1) is 5.92 Å². The maximum atomic E-state index is 12.8. The van der Waals surface area contributed by atoms with E-state index in [1.165, 1.54) is 6.42 Å². The minimum absolute atomic E-state index is 0.0420. The molecule has 1 aliphatic heterocycles. The largest absolute Gasteiger partial charge is 0.352 e. The van der Waals surface area contributed by atoms with E-state index in [0.29, 0.717) is 17.9 Å². The van der Waals surface area contributed by atoms with Crippen molar-refractivity contribution in [2.24, 2.45) is 17.8 Å². The van der Waals surface area contributed by atoms with Crippen molar-refractivity contribution in [2.45, 2.75) is 38.6 Å². The van der Waals surface area contributed by atoms with Crippen molar-refractivity contribution < 1.29 is 4.79 Å². The molecule has 0 spiro atoms. The number of amides is 1. The van der Waals surface area contributed by atoms with Crippen LogP contribution in [0.1, 0.15) is 38.2 Å². The lowest BCUT2D eigenvalue weighted by Crippen LogP contribution is -2.42. The lowest BCUT2D eigenvalue weighted by atomic mass is 9.87. The molecule has 3 heteroatoms. The fraction of sp³-hybridized carbons (Fsp3) is 0.611. The van der Waals surface area contributed by atoms with Gasteiger partial charge in [-0.1, -0.05) is 44.2 Å². The van der Waals surface area contributed by atoms with Crippen molar-refractivity contribution in [3.05, 3.63) is 35.9 Å². The normalized spacial score (nSPS) is 29.4. The Bertz CT molecular complexity index is 485. The highest BCUT2D eigenvalue weighted by molar-refractivity contribution is 5.84. The molecule has 4 atom stereocenters. The molecule has 1 aromatic rings. The van der Waals surface area contributed by atoms with E-state index in [0.717, 1.165) is 31.0 Å². The SMILES string of the molecule is CC(C)C(C(=O)NC1CCC2CNCC21)c1ccccc1. The van der Waals surface area contributed by atoms with E-state index in [2.05, 4.69) is 36.6 Å². The number of benzene rings is 1. The van der Waals surface area contributed by atoms with Crippen LogP contribution in [-0.4, -0.2) is 25.0 Å². The summed E-state index contributed by atoms with van der Waals surface area (Å²) in [7, 11) is 0. The molecule has 1 heterocycles. The fourth-order valence-corrected chi connectivity index (χ4v) is 4.10. The van der Waals surface area contributed by atoms with Gasteiger partial charge in [0, 0.05) is 12.6 Å². The van der Waals surface area contributed by atoms with Gasteiger partial charge in [0.25, 0.3) is 0 Å². The lowest BCUT2D eigenvalue weighted by Gasteiger charge is -2.25. The Balaban J connectivity index is 1.70. The molecule has 114 valence electrons. The average molecular weight is 286 g/mol. The first kappa shape index (κ1) is 14.6. The first-order valence-electron chi connectivity index (χ1n) is 8.23. The first-order chi connectivity index (χ1) is 10.2. The number of carbonyl (C=O) groups excluding carboxylic acids is 1. The summed E-state index contributed by atoms with van der Waals surface area (Å²) in [5, 5.41) is 6.81. The minimum atomic E-state index is -0.0420. The van der Waals surface area contributed by atoms with Crippen LogP contribution < -0.4 is 10.6 Å². The summed E-state index contributed by atoms with van der Waals surface area (Å²) in [6.45, 7) is 6.45. The Morgan fingerprint density at radius 3 is 2.67 bits per heavy atom. The molecule has 1 aromatic carbocycles. The zero-order chi connectivity index (χ0) is 14.8. The van der Waals surface area contributed by atoms with E-state index in [-0.39, 0.29) is 11.8 Å². The second kappa shape index (κ2) is 6.18. The van der Waals surface area contributed by atoms with Gasteiger partial charge in [-0.05, 0) is 42.7 Å². The molecule has 3 rings (SSSR count). The molecule has 4 unspecified atom stereocenters. The molecule has 2 N–H and O–H groups in total. The van der Waals surface area contributed by atoms with E-state index < -0.39 is 0 Å². The topological polar surface area (TPSA) is 41.1 Å². The molecule has 1 saturated heterocycles. The highest BCUT2D eigenvalue weighted by Crippen LogP contribution is 2.35. The van der Waals surface area contributed by atoms with Gasteiger partial charge in [0.1, 0.15) is 0 Å². The van der Waals surface area contributed by atoms with Gasteiger partial charge in [-0.3, -0.25) is 4.79 Å². The van der Waals surface area contributed by atoms with Gasteiger partial charge in [-0.2, -0.15) is 0 Å². The standard InChI is InChI=1S/C18H26N2O/c1-12(2)17(13-6-4-3-5-7-13)18(21)20-16-9-8-14-10-19-11-15(14)16/h3-7,12,14-17,19H,8-11H2,1-2H3,(H,20,21). The predicted octanol–water partition coefficient (Wildman–Crippen LogP) is 2.54. The molecule has 1 saturated carbocycles. The molecular formula is C18H26N2O. The van der Waals surface area contributed by atoms with Crippen LogP contribution in [0.2, 0.25) is 0 Å². The van der Waals surface area contributed by atoms with E-state index in [1.807, 2.05) is 18.2 Å². The van der Waals surface area contributed by atoms with Crippen molar-refractivity contribution in [3.63, 3.8) is 0 Å². The van der Waals surface area contributed by atoms with Gasteiger partial charge < -0.3 is 10.6 Å². The Kier molecular flexibility index (Phi) is 4.29. The van der Waals surface area contributed by atoms with Crippen molar-refractivity contribution in [3.8, 4) is 0 Å². The Morgan fingerprint density at radius 2 is 1.95 bits per heavy atom. The molecule has 3 nitrogen and oxygen atoms in total. The number of rotatable bonds is 4. The molecule has 0 radical (unpaired) electrons. The van der Waals surface area contributed by atoms with E-state index in [4.69, 9.17) is 0 Å². The lowest BCUT2D eigenvalue weighted by molar-refractivity contribution is -0.124. The monoisotopic (exact) mass is 286 g/mol. The highest BCUT2D eigenvalue weighted by atomic mass is 16.2. The zero-order valence-corrected chi connectivity index (χ0v) is 13.0. The predicted molar refractivity (Wildman–Crippen MR) is 85.0 cm³/mol. The molecular weight excluding hydrogens is 260 g/mol. The van der Waals surface area contributed by atoms with E-state index in [9.17, 15) is 4.79 Å². The van der Waals surface area contributed by atoms with Crippen molar-refractivity contribution >= 4 is 5.91 Å². The third kappa shape index (κ3) is 2.98. The number of hydrogen-bond acceptors (Lipinski definition) is 2. The van der Waals surface area contributed by atoms with Crippen LogP contribution in [0.5, 0.6) is 0 Å². The van der Waals surface area contributed by atoms with Gasteiger partial charge in [-0.25, -0.2) is 0 Å². The second-order valence-corrected chi connectivity index (χ2v) is 6.91.